The molecule has 0 spiro atoms. The maximum atomic E-state index is 11.1. The first kappa shape index (κ1) is 7.21. The first-order valence-corrected chi connectivity index (χ1v) is 4.01. The lowest BCUT2D eigenvalue weighted by molar-refractivity contribution is -0.119. The lowest BCUT2D eigenvalue weighted by Gasteiger charge is -2.14. The summed E-state index contributed by atoms with van der Waals surface area (Å²) in [5.41, 5.74) is 6.18. The SMILES string of the molecule is CC(=O)C1NCC2CNNC21. The summed E-state index contributed by atoms with van der Waals surface area (Å²) >= 11 is 0. The third-order valence-corrected chi connectivity index (χ3v) is 2.54. The number of hydrogen-bond donors (Lipinski definition) is 3. The first-order chi connectivity index (χ1) is 5.29. The molecule has 2 heterocycles. The fraction of sp³-hybridized carbons (Fsp3) is 0.857. The summed E-state index contributed by atoms with van der Waals surface area (Å²) in [7, 11) is 0. The number of Topliss-reactive ketones (excluding diaryl/α,β-unsaturated/α-hetero) is 1. The maximum absolute atomic E-state index is 11.1. The van der Waals surface area contributed by atoms with E-state index in [4.69, 9.17) is 0 Å². The Labute approximate surface area is 65.7 Å². The molecule has 0 aromatic carbocycles. The number of rotatable bonds is 1. The Morgan fingerprint density at radius 1 is 1.45 bits per heavy atom. The van der Waals surface area contributed by atoms with Gasteiger partial charge in [0.05, 0.1) is 6.04 Å². The van der Waals surface area contributed by atoms with Crippen LogP contribution in [0.1, 0.15) is 6.92 Å². The molecule has 0 radical (unpaired) electrons. The largest absolute Gasteiger partial charge is 0.306 e. The van der Waals surface area contributed by atoms with E-state index >= 15 is 0 Å². The first-order valence-electron chi connectivity index (χ1n) is 4.01. The van der Waals surface area contributed by atoms with Gasteiger partial charge in [-0.3, -0.25) is 15.6 Å². The van der Waals surface area contributed by atoms with Crippen molar-refractivity contribution in [3.8, 4) is 0 Å². The van der Waals surface area contributed by atoms with Gasteiger partial charge in [-0.2, -0.15) is 0 Å². The molecule has 3 atom stereocenters. The molecule has 62 valence electrons. The van der Waals surface area contributed by atoms with Crippen LogP contribution in [-0.2, 0) is 4.79 Å². The molecule has 2 rings (SSSR count). The number of fused-ring (bicyclic) bond motifs is 1. The minimum atomic E-state index is 0.0231. The molecule has 2 aliphatic rings. The van der Waals surface area contributed by atoms with Crippen LogP contribution in [-0.4, -0.2) is 31.0 Å². The van der Waals surface area contributed by atoms with Gasteiger partial charge in [0.1, 0.15) is 5.78 Å². The van der Waals surface area contributed by atoms with Crippen molar-refractivity contribution < 1.29 is 4.79 Å². The molecule has 0 amide bonds. The predicted molar refractivity (Wildman–Crippen MR) is 40.9 cm³/mol. The van der Waals surface area contributed by atoms with Gasteiger partial charge < -0.3 is 5.32 Å². The van der Waals surface area contributed by atoms with E-state index in [2.05, 4.69) is 16.2 Å². The Balaban J connectivity index is 2.08. The van der Waals surface area contributed by atoms with Gasteiger partial charge in [-0.05, 0) is 6.92 Å². The van der Waals surface area contributed by atoms with Crippen LogP contribution >= 0.6 is 0 Å². The van der Waals surface area contributed by atoms with Crippen molar-refractivity contribution in [3.63, 3.8) is 0 Å². The summed E-state index contributed by atoms with van der Waals surface area (Å²) in [5, 5.41) is 3.21. The Morgan fingerprint density at radius 2 is 2.27 bits per heavy atom. The summed E-state index contributed by atoms with van der Waals surface area (Å²) in [6, 6.07) is 0.336. The molecule has 0 aromatic heterocycles. The lowest BCUT2D eigenvalue weighted by Crippen LogP contribution is -2.46. The van der Waals surface area contributed by atoms with E-state index < -0.39 is 0 Å². The van der Waals surface area contributed by atoms with Crippen LogP contribution < -0.4 is 16.2 Å². The van der Waals surface area contributed by atoms with E-state index in [1.165, 1.54) is 0 Å². The number of hydrazine groups is 1. The Hall–Kier alpha value is -0.450. The van der Waals surface area contributed by atoms with Crippen molar-refractivity contribution in [1.82, 2.24) is 16.2 Å². The summed E-state index contributed by atoms with van der Waals surface area (Å²) in [6.07, 6.45) is 0. The zero-order valence-corrected chi connectivity index (χ0v) is 6.55. The second kappa shape index (κ2) is 2.55. The molecular weight excluding hydrogens is 142 g/mol. The standard InChI is InChI=1S/C7H13N3O/c1-4(11)6-7-5(2-8-6)3-9-10-7/h5-10H,2-3H2,1H3. The van der Waals surface area contributed by atoms with E-state index in [-0.39, 0.29) is 11.8 Å². The van der Waals surface area contributed by atoms with E-state index in [0.29, 0.717) is 12.0 Å². The quantitative estimate of drug-likeness (QED) is 0.438. The summed E-state index contributed by atoms with van der Waals surface area (Å²) < 4.78 is 0. The molecule has 4 heteroatoms. The zero-order chi connectivity index (χ0) is 7.84. The average molecular weight is 155 g/mol. The third-order valence-electron chi connectivity index (χ3n) is 2.54. The smallest absolute Gasteiger partial charge is 0.148 e. The van der Waals surface area contributed by atoms with Crippen molar-refractivity contribution >= 4 is 5.78 Å². The van der Waals surface area contributed by atoms with Crippen molar-refractivity contribution in [1.29, 1.82) is 0 Å². The molecule has 3 N–H and O–H groups in total. The van der Waals surface area contributed by atoms with Gasteiger partial charge in [-0.25, -0.2) is 0 Å². The van der Waals surface area contributed by atoms with Gasteiger partial charge in [0, 0.05) is 25.0 Å². The van der Waals surface area contributed by atoms with Crippen LogP contribution in [0.5, 0.6) is 0 Å². The topological polar surface area (TPSA) is 53.2 Å². The van der Waals surface area contributed by atoms with E-state index in [1.807, 2.05) is 0 Å². The van der Waals surface area contributed by atoms with Gasteiger partial charge in [0.25, 0.3) is 0 Å². The second-order valence-corrected chi connectivity index (χ2v) is 3.31. The molecule has 0 aliphatic carbocycles. The van der Waals surface area contributed by atoms with E-state index in [1.54, 1.807) is 6.92 Å². The van der Waals surface area contributed by atoms with Gasteiger partial charge in [0.15, 0.2) is 0 Å². The van der Waals surface area contributed by atoms with Gasteiger partial charge >= 0.3 is 0 Å². The number of ketones is 1. The summed E-state index contributed by atoms with van der Waals surface area (Å²) in [5.74, 6) is 0.817. The molecule has 2 fully saturated rings. The van der Waals surface area contributed by atoms with Crippen molar-refractivity contribution in [2.24, 2.45) is 5.92 Å². The van der Waals surface area contributed by atoms with Gasteiger partial charge in [0.2, 0.25) is 0 Å². The zero-order valence-electron chi connectivity index (χ0n) is 6.55. The molecule has 2 saturated heterocycles. The molecule has 4 nitrogen and oxygen atoms in total. The van der Waals surface area contributed by atoms with Gasteiger partial charge in [-0.15, -0.1) is 0 Å². The molecule has 0 bridgehead atoms. The molecule has 3 unspecified atom stereocenters. The molecule has 0 saturated carbocycles. The van der Waals surface area contributed by atoms with Crippen LogP contribution in [0.4, 0.5) is 0 Å². The van der Waals surface area contributed by atoms with Crippen molar-refractivity contribution in [2.75, 3.05) is 13.1 Å². The number of carbonyl (C=O) groups is 1. The van der Waals surface area contributed by atoms with E-state index in [0.717, 1.165) is 13.1 Å². The fourth-order valence-corrected chi connectivity index (χ4v) is 1.91. The molecular formula is C7H13N3O. The van der Waals surface area contributed by atoms with E-state index in [9.17, 15) is 4.79 Å². The number of carbonyl (C=O) groups excluding carboxylic acids is 1. The molecule has 11 heavy (non-hydrogen) atoms. The fourth-order valence-electron chi connectivity index (χ4n) is 1.91. The Morgan fingerprint density at radius 3 is 3.00 bits per heavy atom. The monoisotopic (exact) mass is 155 g/mol. The molecule has 0 aromatic rings. The maximum Gasteiger partial charge on any atom is 0.148 e. The highest BCUT2D eigenvalue weighted by molar-refractivity contribution is 5.82. The second-order valence-electron chi connectivity index (χ2n) is 3.31. The predicted octanol–water partition coefficient (Wildman–Crippen LogP) is -1.36. The highest BCUT2D eigenvalue weighted by Crippen LogP contribution is 2.17. The highest BCUT2D eigenvalue weighted by Gasteiger charge is 2.40. The normalized spacial score (nSPS) is 42.5. The van der Waals surface area contributed by atoms with Crippen LogP contribution in [0.3, 0.4) is 0 Å². The minimum Gasteiger partial charge on any atom is -0.306 e. The average Bonchev–Trinajstić information content (AvgIpc) is 2.41. The van der Waals surface area contributed by atoms with Crippen LogP contribution in [0.15, 0.2) is 0 Å². The van der Waals surface area contributed by atoms with Crippen molar-refractivity contribution in [2.45, 2.75) is 19.0 Å². The molecule has 2 aliphatic heterocycles. The minimum absolute atomic E-state index is 0.0231. The van der Waals surface area contributed by atoms with Gasteiger partial charge in [-0.1, -0.05) is 0 Å². The lowest BCUT2D eigenvalue weighted by atomic mass is 9.99. The highest BCUT2D eigenvalue weighted by atomic mass is 16.1. The Kier molecular flexibility index (Phi) is 1.67. The third kappa shape index (κ3) is 1.07. The van der Waals surface area contributed by atoms with Crippen LogP contribution in [0.2, 0.25) is 0 Å². The van der Waals surface area contributed by atoms with Crippen LogP contribution in [0, 0.1) is 5.92 Å². The van der Waals surface area contributed by atoms with Crippen molar-refractivity contribution in [3.05, 3.63) is 0 Å². The summed E-state index contributed by atoms with van der Waals surface area (Å²) in [6.45, 7) is 3.57. The number of hydrogen-bond acceptors (Lipinski definition) is 4. The Bertz CT molecular complexity index is 183. The summed E-state index contributed by atoms with van der Waals surface area (Å²) in [4.78, 5) is 11.1. The van der Waals surface area contributed by atoms with Crippen LogP contribution in [0.25, 0.3) is 0 Å². The number of nitrogens with one attached hydrogen (secondary N) is 3.